The fraction of sp³-hybridized carbons (Fsp3) is 0.667. The first kappa shape index (κ1) is 9.08. The molecule has 1 aliphatic carbocycles. The number of hydrogen-bond acceptors (Lipinski definition) is 2. The molecule has 1 aliphatic rings. The summed E-state index contributed by atoms with van der Waals surface area (Å²) >= 11 is 2.70. The Morgan fingerprint density at radius 1 is 1.30 bits per heavy atom. The normalized spacial score (nSPS) is 34.4. The van der Waals surface area contributed by atoms with Crippen molar-refractivity contribution in [3.05, 3.63) is 0 Å². The van der Waals surface area contributed by atoms with Gasteiger partial charge < -0.3 is 0 Å². The third-order valence-corrected chi connectivity index (χ3v) is 5.06. The van der Waals surface area contributed by atoms with E-state index in [4.69, 9.17) is 0 Å². The number of Topliss-reactive ketones (excluding diaryl/α,β-unsaturated/α-hetero) is 2. The Hall–Kier alpha value is 0.992. The van der Waals surface area contributed by atoms with E-state index in [-0.39, 0.29) is 13.2 Å². The molecule has 2 unspecified atom stereocenters. The second-order valence-electron chi connectivity index (χ2n) is 2.41. The summed E-state index contributed by atoms with van der Waals surface area (Å²) in [5.74, 6) is 0.580. The van der Waals surface area contributed by atoms with Crippen LogP contribution in [0.4, 0.5) is 0 Å². The molecule has 0 aromatic heterocycles. The van der Waals surface area contributed by atoms with E-state index in [2.05, 4.69) is 22.6 Å². The quantitative estimate of drug-likeness (QED) is 0.315. The molecule has 1 saturated carbocycles. The van der Waals surface area contributed by atoms with Crippen molar-refractivity contribution in [2.45, 2.75) is 20.2 Å². The van der Waals surface area contributed by atoms with E-state index >= 15 is 0 Å². The van der Waals surface area contributed by atoms with Gasteiger partial charge in [0.2, 0.25) is 0 Å². The van der Waals surface area contributed by atoms with E-state index in [0.717, 1.165) is 0 Å². The average molecular weight is 441 g/mol. The number of carbonyl (C=O) groups is 2. The molecular formula is C6H6IO2Tl. The Morgan fingerprint density at radius 2 is 1.90 bits per heavy atom. The van der Waals surface area contributed by atoms with E-state index in [1.165, 1.54) is 0 Å². The minimum absolute atomic E-state index is 0.0277. The van der Waals surface area contributed by atoms with E-state index in [1.807, 2.05) is 0 Å². The average Bonchev–Trinajstić information content (AvgIpc) is 1.84. The molecule has 2 atom stereocenters. The third kappa shape index (κ3) is 1.99. The predicted octanol–water partition coefficient (Wildman–Crippen LogP) is 0.679. The molecule has 0 aromatic rings. The molecule has 4 heteroatoms. The van der Waals surface area contributed by atoms with Gasteiger partial charge in [0.15, 0.2) is 0 Å². The van der Waals surface area contributed by atoms with E-state index in [1.54, 1.807) is 0 Å². The fourth-order valence-corrected chi connectivity index (χ4v) is 3.02. The van der Waals surface area contributed by atoms with Crippen LogP contribution in [0.3, 0.4) is 0 Å². The number of ketones is 2. The number of carbonyl (C=O) groups excluding carboxylic acids is 2. The second-order valence-corrected chi connectivity index (χ2v) is 7.05. The molecule has 0 bridgehead atoms. The summed E-state index contributed by atoms with van der Waals surface area (Å²) in [6.07, 6.45) is 1.01. The van der Waals surface area contributed by atoms with Gasteiger partial charge in [-0.3, -0.25) is 0 Å². The van der Waals surface area contributed by atoms with Crippen molar-refractivity contribution in [3.8, 4) is 0 Å². The van der Waals surface area contributed by atoms with Crippen LogP contribution in [-0.2, 0) is 9.59 Å². The van der Waals surface area contributed by atoms with E-state index in [0.29, 0.717) is 44.4 Å². The molecule has 1 rings (SSSR count). The van der Waals surface area contributed by atoms with Crippen LogP contribution >= 0.6 is 22.6 Å². The SMILES string of the molecule is O=C1C[CH]([Tl])C(=O)CC1I. The molecule has 0 amide bonds. The monoisotopic (exact) mass is 442 g/mol. The maximum atomic E-state index is 11.0. The summed E-state index contributed by atoms with van der Waals surface area (Å²) in [5, 5.41) is 0. The van der Waals surface area contributed by atoms with Crippen LogP contribution in [0.5, 0.6) is 0 Å². The van der Waals surface area contributed by atoms with Gasteiger partial charge in [0.25, 0.3) is 0 Å². The van der Waals surface area contributed by atoms with Crippen molar-refractivity contribution >= 4 is 59.9 Å². The van der Waals surface area contributed by atoms with Crippen molar-refractivity contribution in [2.75, 3.05) is 0 Å². The topological polar surface area (TPSA) is 34.1 Å². The zero-order valence-electron chi connectivity index (χ0n) is 5.34. The Labute approximate surface area is 89.0 Å². The van der Waals surface area contributed by atoms with Crippen LogP contribution in [0.1, 0.15) is 12.8 Å². The molecule has 1 fully saturated rings. The van der Waals surface area contributed by atoms with Crippen LogP contribution < -0.4 is 0 Å². The van der Waals surface area contributed by atoms with Gasteiger partial charge in [-0.1, -0.05) is 0 Å². The molecule has 0 aliphatic heterocycles. The number of alkyl halides is 1. The molecule has 10 heavy (non-hydrogen) atoms. The predicted molar refractivity (Wildman–Crippen MR) is 46.6 cm³/mol. The summed E-state index contributed by atoms with van der Waals surface area (Å²) in [6.45, 7) is 0. The van der Waals surface area contributed by atoms with Gasteiger partial charge in [0.05, 0.1) is 0 Å². The van der Waals surface area contributed by atoms with Gasteiger partial charge in [0.1, 0.15) is 0 Å². The zero-order valence-corrected chi connectivity index (χ0v) is 12.0. The molecular weight excluding hydrogens is 435 g/mol. The van der Waals surface area contributed by atoms with Gasteiger partial charge in [-0.25, -0.2) is 0 Å². The first-order chi connectivity index (χ1) is 4.61. The minimum atomic E-state index is -0.0277. The van der Waals surface area contributed by atoms with Crippen molar-refractivity contribution in [2.24, 2.45) is 0 Å². The maximum absolute atomic E-state index is 11.0. The Balaban J connectivity index is 2.63. The van der Waals surface area contributed by atoms with Crippen LogP contribution in [-0.4, -0.2) is 41.3 Å². The van der Waals surface area contributed by atoms with Crippen LogP contribution in [0.2, 0.25) is 3.48 Å². The fourth-order valence-electron chi connectivity index (χ4n) is 0.900. The third-order valence-electron chi connectivity index (χ3n) is 1.56. The number of rotatable bonds is 0. The summed E-state index contributed by atoms with van der Waals surface area (Å²) in [5.41, 5.74) is 0. The van der Waals surface area contributed by atoms with Crippen LogP contribution in [0, 0.1) is 0 Å². The van der Waals surface area contributed by atoms with Gasteiger partial charge in [-0.15, -0.1) is 0 Å². The summed E-state index contributed by atoms with van der Waals surface area (Å²) in [7, 11) is 0. The first-order valence-corrected chi connectivity index (χ1v) is 6.90. The van der Waals surface area contributed by atoms with Crippen LogP contribution in [0.25, 0.3) is 0 Å². The number of hydrogen-bond donors (Lipinski definition) is 0. The van der Waals surface area contributed by atoms with Crippen molar-refractivity contribution in [1.29, 1.82) is 0 Å². The first-order valence-electron chi connectivity index (χ1n) is 3.06. The van der Waals surface area contributed by atoms with Crippen molar-refractivity contribution in [3.63, 3.8) is 0 Å². The Kier molecular flexibility index (Phi) is 3.27. The van der Waals surface area contributed by atoms with Crippen LogP contribution in [0.15, 0.2) is 0 Å². The van der Waals surface area contributed by atoms with Gasteiger partial charge in [-0.05, 0) is 0 Å². The molecule has 0 aromatic carbocycles. The summed E-state index contributed by atoms with van der Waals surface area (Å²) in [4.78, 5) is 22.1. The molecule has 2 nitrogen and oxygen atoms in total. The van der Waals surface area contributed by atoms with Crippen molar-refractivity contribution < 1.29 is 9.59 Å². The molecule has 0 radical (unpaired) electrons. The van der Waals surface area contributed by atoms with Gasteiger partial charge in [-0.2, -0.15) is 0 Å². The molecule has 52 valence electrons. The zero-order chi connectivity index (χ0) is 7.72. The van der Waals surface area contributed by atoms with E-state index in [9.17, 15) is 9.59 Å². The molecule has 0 heterocycles. The van der Waals surface area contributed by atoms with Gasteiger partial charge in [0, 0.05) is 0 Å². The van der Waals surface area contributed by atoms with Crippen molar-refractivity contribution in [1.82, 2.24) is 0 Å². The molecule has 0 spiro atoms. The summed E-state index contributed by atoms with van der Waals surface area (Å²) < 4.78 is 0.110. The van der Waals surface area contributed by atoms with Gasteiger partial charge >= 0.3 is 89.8 Å². The second kappa shape index (κ2) is 3.59. The standard InChI is InChI=1S/C6H6IO2.Tl/c7-5-3-4(8)1-2-6(5)9;/h1,5H,2-3H2;. The summed E-state index contributed by atoms with van der Waals surface area (Å²) in [6, 6.07) is 0. The Bertz CT molecular complexity index is 161. The van der Waals surface area contributed by atoms with E-state index < -0.39 is 0 Å². The molecule has 0 N–H and O–H groups in total. The molecule has 0 saturated heterocycles. The Morgan fingerprint density at radius 3 is 2.40 bits per heavy atom. The number of halogens is 1.